The Morgan fingerprint density at radius 2 is 1.21 bits per heavy atom. The highest BCUT2D eigenvalue weighted by atomic mass is 35.5. The molecule has 0 bridgehead atoms. The Morgan fingerprint density at radius 1 is 0.792 bits per heavy atom. The van der Waals surface area contributed by atoms with E-state index in [1.54, 1.807) is 0 Å². The molecule has 0 radical (unpaired) electrons. The van der Waals surface area contributed by atoms with Gasteiger partial charge in [-0.05, 0) is 0 Å². The molecule has 0 saturated carbocycles. The number of methoxy groups -OCH3 is 4. The number of ether oxygens (including phenoxy) is 4. The molecule has 1 atom stereocenters. The number of halogens is 2. The second-order valence-corrected chi connectivity index (χ2v) is 4.20. The normalized spacial score (nSPS) is 11.6. The summed E-state index contributed by atoms with van der Waals surface area (Å²) in [6, 6.07) is 0. The standard InChI is InChI=1S/2C6H7ClO5/c2*1-11-5(9)3(7)4(8)6(10)12-2/h8H,1-2H3;3H,1-2H3/b4-3+;. The first-order chi connectivity index (χ1) is 11.1. The number of carbonyl (C=O) groups excluding carboxylic acids is 5. The van der Waals surface area contributed by atoms with E-state index in [2.05, 4.69) is 18.9 Å². The smallest absolute Gasteiger partial charge is 0.376 e. The largest absolute Gasteiger partial charge is 0.501 e. The van der Waals surface area contributed by atoms with Gasteiger partial charge in [-0.3, -0.25) is 4.79 Å². The van der Waals surface area contributed by atoms with Gasteiger partial charge in [-0.15, -0.1) is 11.6 Å². The number of hydrogen-bond donors (Lipinski definition) is 1. The predicted molar refractivity (Wildman–Crippen MR) is 78.2 cm³/mol. The molecular weight excluding hydrogens is 375 g/mol. The van der Waals surface area contributed by atoms with Crippen LogP contribution in [0.4, 0.5) is 0 Å². The molecule has 1 N–H and O–H groups in total. The Bertz CT molecular complexity index is 516. The summed E-state index contributed by atoms with van der Waals surface area (Å²) in [5.41, 5.74) is 0. The molecule has 0 amide bonds. The van der Waals surface area contributed by atoms with E-state index in [1.807, 2.05) is 0 Å². The Balaban J connectivity index is 0. The van der Waals surface area contributed by atoms with Crippen molar-refractivity contribution >= 4 is 52.9 Å². The zero-order chi connectivity index (χ0) is 19.4. The molecule has 1 unspecified atom stereocenters. The fraction of sp³-hybridized carbons (Fsp3) is 0.417. The van der Waals surface area contributed by atoms with E-state index in [9.17, 15) is 24.0 Å². The summed E-state index contributed by atoms with van der Waals surface area (Å²) >= 11 is 10.4. The lowest BCUT2D eigenvalue weighted by molar-refractivity contribution is -0.155. The molecule has 12 heteroatoms. The second-order valence-electron chi connectivity index (χ2n) is 3.39. The molecule has 0 heterocycles. The molecule has 0 aliphatic carbocycles. The Kier molecular flexibility index (Phi) is 12.1. The summed E-state index contributed by atoms with van der Waals surface area (Å²) in [5, 5.41) is 6.53. The van der Waals surface area contributed by atoms with Crippen LogP contribution in [-0.4, -0.2) is 68.6 Å². The highest BCUT2D eigenvalue weighted by molar-refractivity contribution is 6.54. The quantitative estimate of drug-likeness (QED) is 0.128. The molecule has 10 nitrogen and oxygen atoms in total. The molecule has 0 aliphatic heterocycles. The summed E-state index contributed by atoms with van der Waals surface area (Å²) in [4.78, 5) is 53.0. The number of carbonyl (C=O) groups is 5. The molecule has 136 valence electrons. The summed E-state index contributed by atoms with van der Waals surface area (Å²) < 4.78 is 16.4. The van der Waals surface area contributed by atoms with E-state index in [4.69, 9.17) is 28.3 Å². The maximum absolute atomic E-state index is 10.8. The van der Waals surface area contributed by atoms with Crippen LogP contribution in [0.3, 0.4) is 0 Å². The first-order valence-electron chi connectivity index (χ1n) is 5.68. The number of aliphatic hydroxyl groups excluding tert-OH is 1. The van der Waals surface area contributed by atoms with Crippen LogP contribution in [0.1, 0.15) is 0 Å². The van der Waals surface area contributed by atoms with Gasteiger partial charge in [0.2, 0.25) is 11.1 Å². The minimum Gasteiger partial charge on any atom is -0.501 e. The van der Waals surface area contributed by atoms with Gasteiger partial charge in [0.15, 0.2) is 5.03 Å². The van der Waals surface area contributed by atoms with Crippen LogP contribution in [0.5, 0.6) is 0 Å². The van der Waals surface area contributed by atoms with E-state index in [0.29, 0.717) is 0 Å². The van der Waals surface area contributed by atoms with Gasteiger partial charge in [-0.25, -0.2) is 19.2 Å². The van der Waals surface area contributed by atoms with E-state index in [0.717, 1.165) is 28.4 Å². The van der Waals surface area contributed by atoms with Gasteiger partial charge < -0.3 is 24.1 Å². The third-order valence-corrected chi connectivity index (χ3v) is 2.69. The van der Waals surface area contributed by atoms with Crippen molar-refractivity contribution in [3.05, 3.63) is 10.8 Å². The lowest BCUT2D eigenvalue weighted by atomic mass is 10.3. The van der Waals surface area contributed by atoms with Crippen LogP contribution >= 0.6 is 23.2 Å². The molecule has 0 aliphatic rings. The predicted octanol–water partition coefficient (Wildman–Crippen LogP) is -0.150. The van der Waals surface area contributed by atoms with E-state index in [1.165, 1.54) is 0 Å². The molecule has 0 aromatic rings. The Hall–Kier alpha value is -2.33. The number of rotatable bonds is 5. The van der Waals surface area contributed by atoms with Crippen molar-refractivity contribution in [2.24, 2.45) is 0 Å². The molecular formula is C12H14Cl2O10. The fourth-order valence-electron chi connectivity index (χ4n) is 0.787. The van der Waals surface area contributed by atoms with Crippen molar-refractivity contribution in [2.45, 2.75) is 5.38 Å². The van der Waals surface area contributed by atoms with Crippen LogP contribution in [0.2, 0.25) is 0 Å². The van der Waals surface area contributed by atoms with Crippen LogP contribution < -0.4 is 0 Å². The molecule has 0 aromatic heterocycles. The van der Waals surface area contributed by atoms with E-state index in [-0.39, 0.29) is 0 Å². The highest BCUT2D eigenvalue weighted by Gasteiger charge is 2.31. The van der Waals surface area contributed by atoms with Crippen molar-refractivity contribution in [2.75, 3.05) is 28.4 Å². The number of esters is 4. The van der Waals surface area contributed by atoms with Crippen LogP contribution in [0, 0.1) is 0 Å². The second kappa shape index (κ2) is 12.1. The van der Waals surface area contributed by atoms with Gasteiger partial charge in [0, 0.05) is 0 Å². The van der Waals surface area contributed by atoms with Crippen molar-refractivity contribution in [3.8, 4) is 0 Å². The average molecular weight is 389 g/mol. The van der Waals surface area contributed by atoms with Gasteiger partial charge in [-0.1, -0.05) is 11.6 Å². The number of Topliss-reactive ketones (excluding diaryl/α,β-unsaturated/α-hetero) is 1. The molecule has 24 heavy (non-hydrogen) atoms. The molecule has 0 spiro atoms. The van der Waals surface area contributed by atoms with Crippen molar-refractivity contribution in [3.63, 3.8) is 0 Å². The van der Waals surface area contributed by atoms with E-state index < -0.39 is 45.8 Å². The third-order valence-electron chi connectivity index (χ3n) is 1.98. The van der Waals surface area contributed by atoms with Crippen molar-refractivity contribution < 1.29 is 48.0 Å². The topological polar surface area (TPSA) is 142 Å². The number of ketones is 1. The SMILES string of the molecule is COC(=O)/C(O)=C(\Cl)C(=O)OC.COC(=O)C(=O)C(Cl)C(=O)OC. The van der Waals surface area contributed by atoms with Gasteiger partial charge >= 0.3 is 23.9 Å². The third kappa shape index (κ3) is 7.79. The molecule has 0 aromatic carbocycles. The zero-order valence-electron chi connectivity index (χ0n) is 13.0. The minimum atomic E-state index is -1.62. The first kappa shape index (κ1) is 23.9. The van der Waals surface area contributed by atoms with Gasteiger partial charge in [0.05, 0.1) is 28.4 Å². The lowest BCUT2D eigenvalue weighted by Gasteiger charge is -2.03. The summed E-state index contributed by atoms with van der Waals surface area (Å²) in [7, 11) is 4.18. The molecule has 0 fully saturated rings. The number of hydrogen-bond acceptors (Lipinski definition) is 10. The monoisotopic (exact) mass is 388 g/mol. The van der Waals surface area contributed by atoms with Crippen molar-refractivity contribution in [1.29, 1.82) is 0 Å². The Labute approximate surface area is 146 Å². The highest BCUT2D eigenvalue weighted by Crippen LogP contribution is 2.09. The van der Waals surface area contributed by atoms with Gasteiger partial charge in [0.25, 0.3) is 5.78 Å². The molecule has 0 rings (SSSR count). The lowest BCUT2D eigenvalue weighted by Crippen LogP contribution is -2.32. The average Bonchev–Trinajstić information content (AvgIpc) is 2.62. The maximum atomic E-state index is 10.8. The van der Waals surface area contributed by atoms with Gasteiger partial charge in [0.1, 0.15) is 0 Å². The number of aliphatic hydroxyl groups is 1. The van der Waals surface area contributed by atoms with Crippen LogP contribution in [0.15, 0.2) is 10.8 Å². The maximum Gasteiger partial charge on any atom is 0.376 e. The number of alkyl halides is 1. The minimum absolute atomic E-state index is 0.704. The fourth-order valence-corrected chi connectivity index (χ4v) is 1.12. The summed E-state index contributed by atoms with van der Waals surface area (Å²) in [5.74, 6) is -6.34. The van der Waals surface area contributed by atoms with Crippen molar-refractivity contribution in [1.82, 2.24) is 0 Å². The van der Waals surface area contributed by atoms with E-state index >= 15 is 0 Å². The summed E-state index contributed by atoms with van der Waals surface area (Å²) in [6.45, 7) is 0. The Morgan fingerprint density at radius 3 is 1.54 bits per heavy atom. The van der Waals surface area contributed by atoms with Crippen LogP contribution in [0.25, 0.3) is 0 Å². The molecule has 0 saturated heterocycles. The van der Waals surface area contributed by atoms with Crippen LogP contribution in [-0.2, 0) is 42.9 Å². The zero-order valence-corrected chi connectivity index (χ0v) is 14.5. The van der Waals surface area contributed by atoms with Gasteiger partial charge in [-0.2, -0.15) is 0 Å². The summed E-state index contributed by atoms with van der Waals surface area (Å²) in [6.07, 6.45) is 0. The first-order valence-corrected chi connectivity index (χ1v) is 6.49.